The van der Waals surface area contributed by atoms with E-state index in [0.29, 0.717) is 17.3 Å². The number of aryl methyl sites for hydroxylation is 1. The number of hydrogen-bond donors (Lipinski definition) is 3. The first-order chi connectivity index (χ1) is 16.1. The van der Waals surface area contributed by atoms with Crippen LogP contribution in [0.1, 0.15) is 5.69 Å². The maximum Gasteiger partial charge on any atom is 0.573 e. The molecule has 0 spiro atoms. The van der Waals surface area contributed by atoms with E-state index < -0.39 is 27.0 Å². The fraction of sp³-hybridized carbons (Fsp3) is 0.238. The number of halogens is 3. The quantitative estimate of drug-likeness (QED) is 0.362. The van der Waals surface area contributed by atoms with Gasteiger partial charge in [-0.2, -0.15) is 4.98 Å². The van der Waals surface area contributed by atoms with Gasteiger partial charge >= 0.3 is 6.36 Å². The van der Waals surface area contributed by atoms with Crippen molar-refractivity contribution in [2.75, 3.05) is 30.8 Å². The van der Waals surface area contributed by atoms with Crippen LogP contribution in [-0.4, -0.2) is 44.9 Å². The lowest BCUT2D eigenvalue weighted by Crippen LogP contribution is -2.30. The molecule has 182 valence electrons. The summed E-state index contributed by atoms with van der Waals surface area (Å²) in [5, 5.41) is 6.02. The van der Waals surface area contributed by atoms with Gasteiger partial charge in [0.05, 0.1) is 7.11 Å². The molecule has 0 aliphatic heterocycles. The molecule has 13 heteroatoms. The number of anilines is 3. The lowest BCUT2D eigenvalue weighted by molar-refractivity contribution is -0.275. The molecule has 2 aromatic carbocycles. The Morgan fingerprint density at radius 2 is 1.71 bits per heavy atom. The van der Waals surface area contributed by atoms with E-state index in [9.17, 15) is 21.6 Å². The van der Waals surface area contributed by atoms with Crippen molar-refractivity contribution in [2.24, 2.45) is 0 Å². The predicted octanol–water partition coefficient (Wildman–Crippen LogP) is 3.83. The van der Waals surface area contributed by atoms with Gasteiger partial charge in [0.2, 0.25) is 16.0 Å². The zero-order chi connectivity index (χ0) is 24.8. The Kier molecular flexibility index (Phi) is 7.79. The van der Waals surface area contributed by atoms with Crippen LogP contribution in [0.3, 0.4) is 0 Å². The van der Waals surface area contributed by atoms with E-state index in [2.05, 4.69) is 30.1 Å². The van der Waals surface area contributed by atoms with Crippen molar-refractivity contribution >= 4 is 27.5 Å². The number of aromatic nitrogens is 2. The molecule has 0 saturated carbocycles. The number of ether oxygens (including phenoxy) is 2. The summed E-state index contributed by atoms with van der Waals surface area (Å²) in [6.07, 6.45) is -5.02. The van der Waals surface area contributed by atoms with Gasteiger partial charge in [-0.15, -0.1) is 13.2 Å². The Morgan fingerprint density at radius 1 is 1.00 bits per heavy atom. The molecule has 0 saturated heterocycles. The summed E-state index contributed by atoms with van der Waals surface area (Å²) in [5.74, 6) is 0.656. The number of nitrogens with zero attached hydrogens (tertiary/aromatic N) is 2. The van der Waals surface area contributed by atoms with Gasteiger partial charge in [-0.1, -0.05) is 12.1 Å². The molecule has 0 amide bonds. The van der Waals surface area contributed by atoms with Gasteiger partial charge < -0.3 is 20.1 Å². The van der Waals surface area contributed by atoms with E-state index in [1.165, 1.54) is 12.1 Å². The molecule has 0 aliphatic rings. The SMILES string of the molecule is COc1ccc(Nc2cc(C)nc(NCCNS(=O)(=O)c3ccccc3OC(F)(F)F)n2)cc1. The topological polar surface area (TPSA) is 114 Å². The Morgan fingerprint density at radius 3 is 2.38 bits per heavy atom. The third-order valence-corrected chi connectivity index (χ3v) is 5.78. The molecule has 0 bridgehead atoms. The third-order valence-electron chi connectivity index (χ3n) is 4.28. The molecule has 0 fully saturated rings. The van der Waals surface area contributed by atoms with Crippen molar-refractivity contribution in [1.29, 1.82) is 0 Å². The predicted molar refractivity (Wildman–Crippen MR) is 120 cm³/mol. The van der Waals surface area contributed by atoms with E-state index in [-0.39, 0.29) is 19.0 Å². The monoisotopic (exact) mass is 497 g/mol. The standard InChI is InChI=1S/C21H22F3N5O4S/c1-14-13-19(28-15-7-9-16(32-2)10-8-15)29-20(27-14)25-11-12-26-34(30,31)18-6-4-3-5-17(18)33-21(22,23)24/h3-10,13,26H,11-12H2,1-2H3,(H2,25,27,28,29). The highest BCUT2D eigenvalue weighted by molar-refractivity contribution is 7.89. The van der Waals surface area contributed by atoms with E-state index in [1.807, 2.05) is 12.1 Å². The molecule has 9 nitrogen and oxygen atoms in total. The van der Waals surface area contributed by atoms with Crippen molar-refractivity contribution in [2.45, 2.75) is 18.2 Å². The summed E-state index contributed by atoms with van der Waals surface area (Å²) >= 11 is 0. The molecular weight excluding hydrogens is 475 g/mol. The van der Waals surface area contributed by atoms with Gasteiger partial charge in [-0.05, 0) is 43.3 Å². The molecule has 3 rings (SSSR count). The zero-order valence-corrected chi connectivity index (χ0v) is 19.0. The van der Waals surface area contributed by atoms with Gasteiger partial charge in [-0.25, -0.2) is 18.1 Å². The average Bonchev–Trinajstić information content (AvgIpc) is 2.76. The third kappa shape index (κ3) is 7.22. The minimum absolute atomic E-state index is 0.0763. The van der Waals surface area contributed by atoms with Crippen molar-refractivity contribution < 1.29 is 31.1 Å². The Balaban J connectivity index is 1.60. The lowest BCUT2D eigenvalue weighted by Gasteiger charge is -2.14. The number of para-hydroxylation sites is 1. The number of nitrogens with one attached hydrogen (secondary N) is 3. The Labute approximate surface area is 194 Å². The highest BCUT2D eigenvalue weighted by Crippen LogP contribution is 2.29. The number of hydrogen-bond acceptors (Lipinski definition) is 8. The van der Waals surface area contributed by atoms with Crippen LogP contribution in [0.2, 0.25) is 0 Å². The maximum atomic E-state index is 12.6. The van der Waals surface area contributed by atoms with E-state index in [0.717, 1.165) is 17.8 Å². The van der Waals surface area contributed by atoms with Crippen LogP contribution in [0.15, 0.2) is 59.5 Å². The van der Waals surface area contributed by atoms with Crippen LogP contribution >= 0.6 is 0 Å². The first kappa shape index (κ1) is 25.1. The number of rotatable bonds is 10. The number of sulfonamides is 1. The second kappa shape index (κ2) is 10.6. The van der Waals surface area contributed by atoms with E-state index in [4.69, 9.17) is 4.74 Å². The van der Waals surface area contributed by atoms with Crippen LogP contribution in [0.4, 0.5) is 30.6 Å². The second-order valence-corrected chi connectivity index (χ2v) is 8.63. The summed E-state index contributed by atoms with van der Waals surface area (Å²) in [7, 11) is -2.69. The zero-order valence-electron chi connectivity index (χ0n) is 18.2. The minimum atomic E-state index is -5.02. The molecule has 0 aliphatic carbocycles. The summed E-state index contributed by atoms with van der Waals surface area (Å²) in [4.78, 5) is 7.96. The van der Waals surface area contributed by atoms with Crippen molar-refractivity contribution in [3.63, 3.8) is 0 Å². The molecule has 34 heavy (non-hydrogen) atoms. The fourth-order valence-electron chi connectivity index (χ4n) is 2.85. The molecule has 0 radical (unpaired) electrons. The van der Waals surface area contributed by atoms with Gasteiger partial charge in [0.15, 0.2) is 0 Å². The Hall–Kier alpha value is -3.58. The maximum absolute atomic E-state index is 12.6. The molecule has 3 N–H and O–H groups in total. The normalized spacial score (nSPS) is 11.7. The first-order valence-corrected chi connectivity index (χ1v) is 11.4. The van der Waals surface area contributed by atoms with Crippen molar-refractivity contribution in [1.82, 2.24) is 14.7 Å². The van der Waals surface area contributed by atoms with Crippen molar-refractivity contribution in [3.05, 3.63) is 60.3 Å². The van der Waals surface area contributed by atoms with E-state index >= 15 is 0 Å². The van der Waals surface area contributed by atoms with Gasteiger partial charge in [-0.3, -0.25) is 0 Å². The van der Waals surface area contributed by atoms with Gasteiger partial charge in [0.1, 0.15) is 22.2 Å². The van der Waals surface area contributed by atoms with Crippen LogP contribution in [0.5, 0.6) is 11.5 Å². The van der Waals surface area contributed by atoms with Gasteiger partial charge in [0, 0.05) is 30.5 Å². The number of alkyl halides is 3. The molecule has 1 aromatic heterocycles. The number of benzene rings is 2. The summed E-state index contributed by atoms with van der Waals surface area (Å²) in [6, 6.07) is 13.4. The summed E-state index contributed by atoms with van der Waals surface area (Å²) in [6.45, 7) is 1.71. The van der Waals surface area contributed by atoms with Crippen LogP contribution in [-0.2, 0) is 10.0 Å². The second-order valence-electron chi connectivity index (χ2n) is 6.89. The van der Waals surface area contributed by atoms with E-state index in [1.54, 1.807) is 32.2 Å². The van der Waals surface area contributed by atoms with Crippen molar-refractivity contribution in [3.8, 4) is 11.5 Å². The smallest absolute Gasteiger partial charge is 0.497 e. The fourth-order valence-corrected chi connectivity index (χ4v) is 4.01. The van der Waals surface area contributed by atoms with Crippen LogP contribution in [0, 0.1) is 6.92 Å². The largest absolute Gasteiger partial charge is 0.573 e. The van der Waals surface area contributed by atoms with Crippen LogP contribution in [0.25, 0.3) is 0 Å². The summed E-state index contributed by atoms with van der Waals surface area (Å²) in [5.41, 5.74) is 1.43. The molecule has 0 atom stereocenters. The molecule has 0 unspecified atom stereocenters. The summed E-state index contributed by atoms with van der Waals surface area (Å²) < 4.78 is 73.8. The lowest BCUT2D eigenvalue weighted by atomic mass is 10.3. The molecular formula is C21H22F3N5O4S. The molecule has 3 aromatic rings. The minimum Gasteiger partial charge on any atom is -0.497 e. The average molecular weight is 497 g/mol. The molecule has 1 heterocycles. The first-order valence-electron chi connectivity index (χ1n) is 9.91. The number of methoxy groups -OCH3 is 1. The highest BCUT2D eigenvalue weighted by atomic mass is 32.2. The van der Waals surface area contributed by atoms with Crippen LogP contribution < -0.4 is 24.8 Å². The Bertz CT molecular complexity index is 1220. The van der Waals surface area contributed by atoms with Gasteiger partial charge in [0.25, 0.3) is 0 Å². The highest BCUT2D eigenvalue weighted by Gasteiger charge is 2.33.